The van der Waals surface area contributed by atoms with Crippen LogP contribution < -0.4 is 0 Å². The maximum absolute atomic E-state index is 13.2. The average Bonchev–Trinajstić information content (AvgIpc) is 3.13. The van der Waals surface area contributed by atoms with E-state index in [2.05, 4.69) is 4.90 Å². The van der Waals surface area contributed by atoms with Gasteiger partial charge in [-0.25, -0.2) is 12.7 Å². The quantitative estimate of drug-likeness (QED) is 0.343. The number of carbonyl (C=O) groups is 2. The monoisotopic (exact) mass is 513 g/mol. The Bertz CT molecular complexity index is 1260. The third-order valence-electron chi connectivity index (χ3n) is 6.60. The van der Waals surface area contributed by atoms with Crippen LogP contribution in [-0.4, -0.2) is 92.8 Å². The second-order valence-corrected chi connectivity index (χ2v) is 11.3. The number of benzene rings is 2. The molecule has 4 rings (SSSR count). The third kappa shape index (κ3) is 5.08. The Morgan fingerprint density at radius 1 is 1.00 bits per heavy atom. The fourth-order valence-electron chi connectivity index (χ4n) is 4.43. The Kier molecular flexibility index (Phi) is 7.60. The number of aliphatic hydroxyl groups excluding tert-OH is 1. The van der Waals surface area contributed by atoms with Crippen molar-refractivity contribution in [1.82, 2.24) is 14.1 Å². The molecule has 1 amide bonds. The summed E-state index contributed by atoms with van der Waals surface area (Å²) in [6.07, 6.45) is 0. The van der Waals surface area contributed by atoms with Crippen LogP contribution in [0.4, 0.5) is 0 Å². The third-order valence-corrected chi connectivity index (χ3v) is 8.43. The summed E-state index contributed by atoms with van der Waals surface area (Å²) in [6.45, 7) is 5.60. The Morgan fingerprint density at radius 2 is 1.61 bits per heavy atom. The van der Waals surface area contributed by atoms with Crippen LogP contribution in [0.2, 0.25) is 0 Å². The van der Waals surface area contributed by atoms with Gasteiger partial charge in [0, 0.05) is 45.8 Å². The number of ether oxygens (including phenoxy) is 1. The summed E-state index contributed by atoms with van der Waals surface area (Å²) in [5, 5.41) is 11.2. The summed E-state index contributed by atoms with van der Waals surface area (Å²) in [5.41, 5.74) is 2.00. The molecule has 0 bridgehead atoms. The first-order valence-electron chi connectivity index (χ1n) is 11.8. The highest BCUT2D eigenvalue weighted by Crippen LogP contribution is 2.39. The zero-order chi connectivity index (χ0) is 26.0. The predicted molar refractivity (Wildman–Crippen MR) is 135 cm³/mol. The molecule has 10 heteroatoms. The Balaban J connectivity index is 1.72. The van der Waals surface area contributed by atoms with Crippen LogP contribution in [0.15, 0.2) is 59.0 Å². The lowest BCUT2D eigenvalue weighted by molar-refractivity contribution is -0.140. The molecule has 2 aromatic rings. The summed E-state index contributed by atoms with van der Waals surface area (Å²) in [6, 6.07) is 12.4. The SMILES string of the molecule is Cc1ccc(C2C(=C(O)c3ccc(S(=O)(=O)N(C)C)cc3)C(=O)C(=O)N2CCN2CCOCC2)cc1. The normalized spacial score (nSPS) is 20.9. The molecule has 192 valence electrons. The predicted octanol–water partition coefficient (Wildman–Crippen LogP) is 2.00. The van der Waals surface area contributed by atoms with E-state index in [0.717, 1.165) is 28.5 Å². The van der Waals surface area contributed by atoms with Gasteiger partial charge in [-0.05, 0) is 36.8 Å². The van der Waals surface area contributed by atoms with Gasteiger partial charge in [-0.2, -0.15) is 0 Å². The number of ketones is 1. The van der Waals surface area contributed by atoms with Gasteiger partial charge in [0.15, 0.2) is 0 Å². The molecule has 2 saturated heterocycles. The van der Waals surface area contributed by atoms with Gasteiger partial charge >= 0.3 is 0 Å². The largest absolute Gasteiger partial charge is 0.507 e. The van der Waals surface area contributed by atoms with E-state index in [1.807, 2.05) is 31.2 Å². The van der Waals surface area contributed by atoms with Crippen molar-refractivity contribution >= 4 is 27.5 Å². The first-order valence-corrected chi connectivity index (χ1v) is 13.2. The van der Waals surface area contributed by atoms with Crippen LogP contribution in [0.25, 0.3) is 5.76 Å². The molecule has 2 aliphatic heterocycles. The lowest BCUT2D eigenvalue weighted by Gasteiger charge is -2.31. The van der Waals surface area contributed by atoms with E-state index in [9.17, 15) is 23.1 Å². The van der Waals surface area contributed by atoms with Crippen molar-refractivity contribution in [2.45, 2.75) is 17.9 Å². The fourth-order valence-corrected chi connectivity index (χ4v) is 5.33. The van der Waals surface area contributed by atoms with Crippen LogP contribution >= 0.6 is 0 Å². The van der Waals surface area contributed by atoms with Crippen molar-refractivity contribution in [2.75, 3.05) is 53.5 Å². The van der Waals surface area contributed by atoms with Crippen molar-refractivity contribution in [2.24, 2.45) is 0 Å². The zero-order valence-corrected chi connectivity index (χ0v) is 21.5. The molecule has 1 atom stereocenters. The summed E-state index contributed by atoms with van der Waals surface area (Å²) in [7, 11) is -0.782. The minimum atomic E-state index is -3.65. The number of likely N-dealkylation sites (tertiary alicyclic amines) is 1. The maximum Gasteiger partial charge on any atom is 0.295 e. The lowest BCUT2D eigenvalue weighted by atomic mass is 9.95. The molecule has 0 aromatic heterocycles. The standard InChI is InChI=1S/C26H31N3O6S/c1-18-4-6-19(7-5-18)23-22(24(30)20-8-10-21(11-9-20)36(33,34)27(2)3)25(31)26(32)29(23)13-12-28-14-16-35-17-15-28/h4-11,23,30H,12-17H2,1-3H3. The van der Waals surface area contributed by atoms with Gasteiger partial charge in [-0.1, -0.05) is 29.8 Å². The number of aliphatic hydroxyl groups is 1. The van der Waals surface area contributed by atoms with Gasteiger partial charge < -0.3 is 14.7 Å². The second-order valence-electron chi connectivity index (χ2n) is 9.17. The second kappa shape index (κ2) is 10.5. The molecule has 1 unspecified atom stereocenters. The summed E-state index contributed by atoms with van der Waals surface area (Å²) in [5.74, 6) is -1.76. The van der Waals surface area contributed by atoms with Crippen molar-refractivity contribution < 1.29 is 27.9 Å². The molecule has 0 saturated carbocycles. The average molecular weight is 514 g/mol. The minimum Gasteiger partial charge on any atom is -0.507 e. The van der Waals surface area contributed by atoms with Crippen molar-refractivity contribution in [3.63, 3.8) is 0 Å². The molecule has 0 aliphatic carbocycles. The highest BCUT2D eigenvalue weighted by molar-refractivity contribution is 7.89. The van der Waals surface area contributed by atoms with E-state index >= 15 is 0 Å². The number of aryl methyl sites for hydroxylation is 1. The molecular formula is C26H31N3O6S. The molecular weight excluding hydrogens is 482 g/mol. The first-order chi connectivity index (χ1) is 17.1. The molecule has 2 fully saturated rings. The number of nitrogens with zero attached hydrogens (tertiary/aromatic N) is 3. The lowest BCUT2D eigenvalue weighted by Crippen LogP contribution is -2.42. The molecule has 0 radical (unpaired) electrons. The van der Waals surface area contributed by atoms with Crippen molar-refractivity contribution in [3.05, 3.63) is 70.8 Å². The number of amides is 1. The van der Waals surface area contributed by atoms with Crippen LogP contribution in [0.1, 0.15) is 22.7 Å². The first kappa shape index (κ1) is 26.0. The fraction of sp³-hybridized carbons (Fsp3) is 0.385. The van der Waals surface area contributed by atoms with Crippen molar-refractivity contribution in [3.8, 4) is 0 Å². The Hall–Kier alpha value is -3.05. The Morgan fingerprint density at radius 3 is 2.19 bits per heavy atom. The number of hydrogen-bond acceptors (Lipinski definition) is 7. The van der Waals surface area contributed by atoms with Crippen LogP contribution in [0, 0.1) is 6.92 Å². The van der Waals surface area contributed by atoms with Gasteiger partial charge in [0.1, 0.15) is 5.76 Å². The molecule has 0 spiro atoms. The van der Waals surface area contributed by atoms with Gasteiger partial charge in [0.05, 0.1) is 29.7 Å². The number of Topliss-reactive ketones (excluding diaryl/α,β-unsaturated/α-hetero) is 1. The smallest absolute Gasteiger partial charge is 0.295 e. The number of rotatable bonds is 7. The van der Waals surface area contributed by atoms with E-state index in [1.165, 1.54) is 43.3 Å². The van der Waals surface area contributed by atoms with E-state index in [0.29, 0.717) is 26.3 Å². The zero-order valence-electron chi connectivity index (χ0n) is 20.7. The van der Waals surface area contributed by atoms with Crippen LogP contribution in [0.3, 0.4) is 0 Å². The summed E-state index contributed by atoms with van der Waals surface area (Å²) in [4.78, 5) is 30.1. The van der Waals surface area contributed by atoms with E-state index in [4.69, 9.17) is 4.74 Å². The number of hydrogen-bond donors (Lipinski definition) is 1. The van der Waals surface area contributed by atoms with Crippen LogP contribution in [0.5, 0.6) is 0 Å². The van der Waals surface area contributed by atoms with Gasteiger partial charge in [0.2, 0.25) is 10.0 Å². The van der Waals surface area contributed by atoms with Crippen LogP contribution in [-0.2, 0) is 24.3 Å². The highest BCUT2D eigenvalue weighted by atomic mass is 32.2. The van der Waals surface area contributed by atoms with Gasteiger partial charge in [-0.15, -0.1) is 0 Å². The van der Waals surface area contributed by atoms with Crippen molar-refractivity contribution in [1.29, 1.82) is 0 Å². The highest BCUT2D eigenvalue weighted by Gasteiger charge is 2.46. The van der Waals surface area contributed by atoms with E-state index in [-0.39, 0.29) is 21.8 Å². The number of sulfonamides is 1. The molecule has 2 heterocycles. The molecule has 36 heavy (non-hydrogen) atoms. The maximum atomic E-state index is 13.2. The molecule has 1 N–H and O–H groups in total. The molecule has 2 aliphatic rings. The van der Waals surface area contributed by atoms with E-state index in [1.54, 1.807) is 0 Å². The van der Waals surface area contributed by atoms with Gasteiger partial charge in [-0.3, -0.25) is 14.5 Å². The number of morpholine rings is 1. The van der Waals surface area contributed by atoms with E-state index < -0.39 is 27.8 Å². The Labute approximate surface area is 211 Å². The summed E-state index contributed by atoms with van der Waals surface area (Å²) < 4.78 is 31.3. The molecule has 2 aromatic carbocycles. The summed E-state index contributed by atoms with van der Waals surface area (Å²) >= 11 is 0. The topological polar surface area (TPSA) is 107 Å². The number of carbonyl (C=O) groups excluding carboxylic acids is 2. The molecule has 9 nitrogen and oxygen atoms in total. The minimum absolute atomic E-state index is 0.00551. The van der Waals surface area contributed by atoms with Gasteiger partial charge in [0.25, 0.3) is 11.7 Å².